The summed E-state index contributed by atoms with van der Waals surface area (Å²) in [6, 6.07) is 19.1. The number of nitrogens with one attached hydrogen (secondary N) is 1. The second kappa shape index (κ2) is 11.0. The van der Waals surface area contributed by atoms with E-state index in [1.54, 1.807) is 18.5 Å². The van der Waals surface area contributed by atoms with E-state index in [2.05, 4.69) is 93.0 Å². The van der Waals surface area contributed by atoms with Gasteiger partial charge in [-0.15, -0.1) is 0 Å². The van der Waals surface area contributed by atoms with E-state index >= 15 is 0 Å². The molecule has 0 saturated heterocycles. The zero-order valence-corrected chi connectivity index (χ0v) is 18.4. The summed E-state index contributed by atoms with van der Waals surface area (Å²) in [5.41, 5.74) is 5.27. The lowest BCUT2D eigenvalue weighted by molar-refractivity contribution is 0.462. The summed E-state index contributed by atoms with van der Waals surface area (Å²) in [6.07, 6.45) is 4.79. The van der Waals surface area contributed by atoms with E-state index in [-0.39, 0.29) is 0 Å². The largest absolute Gasteiger partial charge is 0.364 e. The molecular weight excluding hydrogens is 378 g/mol. The minimum Gasteiger partial charge on any atom is -0.364 e. The van der Waals surface area contributed by atoms with Gasteiger partial charge in [0.05, 0.1) is 18.6 Å². The van der Waals surface area contributed by atoms with Gasteiger partial charge in [0, 0.05) is 43.7 Å². The number of benzene rings is 2. The van der Waals surface area contributed by atoms with Crippen LogP contribution >= 0.6 is 12.1 Å². The molecule has 0 atom stereocenters. The van der Waals surface area contributed by atoms with Crippen LogP contribution in [0.1, 0.15) is 23.7 Å². The van der Waals surface area contributed by atoms with Crippen molar-refractivity contribution >= 4 is 17.8 Å². The number of imidazole rings is 1. The van der Waals surface area contributed by atoms with Gasteiger partial charge in [0.2, 0.25) is 0 Å². The normalized spacial score (nSPS) is 14.1. The van der Waals surface area contributed by atoms with Gasteiger partial charge in [-0.3, -0.25) is 0 Å². The number of aromatic amines is 1. The minimum atomic E-state index is 0.873. The number of anilines is 1. The third-order valence-corrected chi connectivity index (χ3v) is 5.61. The van der Waals surface area contributed by atoms with Crippen LogP contribution in [-0.4, -0.2) is 45.8 Å². The van der Waals surface area contributed by atoms with E-state index < -0.39 is 0 Å². The quantitative estimate of drug-likeness (QED) is 0.623. The molecule has 0 saturated carbocycles. The van der Waals surface area contributed by atoms with Crippen LogP contribution in [0.25, 0.3) is 0 Å². The molecule has 1 aliphatic rings. The van der Waals surface area contributed by atoms with E-state index in [0.29, 0.717) is 0 Å². The first-order chi connectivity index (χ1) is 14.2. The van der Waals surface area contributed by atoms with Crippen LogP contribution in [0.2, 0.25) is 0 Å². The van der Waals surface area contributed by atoms with Crippen molar-refractivity contribution in [2.75, 3.05) is 32.1 Å². The summed E-state index contributed by atoms with van der Waals surface area (Å²) >= 11 is 1.78. The van der Waals surface area contributed by atoms with Crippen molar-refractivity contribution in [1.82, 2.24) is 18.6 Å². The average molecular weight is 410 g/mol. The van der Waals surface area contributed by atoms with Crippen molar-refractivity contribution in [3.8, 4) is 0 Å². The SMILES string of the molecule is CCc1ccccc1.CN(C)SN1CCN(Cc2cnc[nH]2)c2ccccc2C1. The number of aryl methyl sites for hydroxylation is 1. The molecule has 1 aromatic heterocycles. The molecule has 3 aromatic rings. The molecule has 6 heteroatoms. The van der Waals surface area contributed by atoms with Crippen molar-refractivity contribution in [3.05, 3.63) is 83.9 Å². The van der Waals surface area contributed by atoms with Gasteiger partial charge in [0.1, 0.15) is 0 Å². The predicted molar refractivity (Wildman–Crippen MR) is 124 cm³/mol. The number of nitrogens with zero attached hydrogens (tertiary/aromatic N) is 4. The molecular formula is C23H31N5S. The van der Waals surface area contributed by atoms with E-state index in [4.69, 9.17) is 0 Å². The average Bonchev–Trinajstić information content (AvgIpc) is 3.19. The Morgan fingerprint density at radius 2 is 1.79 bits per heavy atom. The van der Waals surface area contributed by atoms with E-state index in [9.17, 15) is 0 Å². The first kappa shape index (κ1) is 21.4. The Bertz CT molecular complexity index is 835. The lowest BCUT2D eigenvalue weighted by Gasteiger charge is -2.24. The van der Waals surface area contributed by atoms with Gasteiger partial charge in [-0.05, 0) is 37.7 Å². The summed E-state index contributed by atoms with van der Waals surface area (Å²) in [5, 5.41) is 0. The van der Waals surface area contributed by atoms with Crippen LogP contribution in [0.5, 0.6) is 0 Å². The van der Waals surface area contributed by atoms with Crippen molar-refractivity contribution in [2.24, 2.45) is 0 Å². The van der Waals surface area contributed by atoms with Gasteiger partial charge in [-0.2, -0.15) is 0 Å². The molecule has 0 bridgehead atoms. The topological polar surface area (TPSA) is 38.4 Å². The van der Waals surface area contributed by atoms with E-state index in [1.165, 1.54) is 16.8 Å². The van der Waals surface area contributed by atoms with Crippen molar-refractivity contribution in [1.29, 1.82) is 0 Å². The third kappa shape index (κ3) is 6.63. The summed E-state index contributed by atoms with van der Waals surface area (Å²) in [6.45, 7) is 6.05. The molecule has 0 fully saturated rings. The molecule has 2 aromatic carbocycles. The lowest BCUT2D eigenvalue weighted by Crippen LogP contribution is -2.29. The number of aromatic nitrogens is 2. The molecule has 0 spiro atoms. The Morgan fingerprint density at radius 3 is 2.45 bits per heavy atom. The molecule has 0 unspecified atom stereocenters. The molecule has 29 heavy (non-hydrogen) atoms. The highest BCUT2D eigenvalue weighted by molar-refractivity contribution is 7.94. The zero-order valence-electron chi connectivity index (χ0n) is 17.6. The van der Waals surface area contributed by atoms with Gasteiger partial charge >= 0.3 is 0 Å². The van der Waals surface area contributed by atoms with E-state index in [0.717, 1.165) is 38.3 Å². The van der Waals surface area contributed by atoms with Gasteiger partial charge in [0.15, 0.2) is 0 Å². The molecule has 1 N–H and O–H groups in total. The predicted octanol–water partition coefficient (Wildman–Crippen LogP) is 4.61. The molecule has 0 radical (unpaired) electrons. The molecule has 4 rings (SSSR count). The number of H-pyrrole nitrogens is 1. The molecule has 1 aliphatic heterocycles. The van der Waals surface area contributed by atoms with Gasteiger partial charge in [-0.25, -0.2) is 13.6 Å². The van der Waals surface area contributed by atoms with Crippen LogP contribution in [-0.2, 0) is 19.5 Å². The fourth-order valence-electron chi connectivity index (χ4n) is 3.33. The first-order valence-corrected chi connectivity index (χ1v) is 10.8. The highest BCUT2D eigenvalue weighted by Gasteiger charge is 2.20. The van der Waals surface area contributed by atoms with Gasteiger partial charge in [0.25, 0.3) is 0 Å². The molecule has 154 valence electrons. The standard InChI is InChI=1S/C15H21N5S.C8H10/c1-18(2)21-20-8-7-19(11-14-9-16-12-17-14)15-6-4-3-5-13(15)10-20;1-2-8-6-4-3-5-7-8/h3-6,9,12H,7-8,10-11H2,1-2H3,(H,16,17);3-7H,2H2,1H3. The Hall–Kier alpha value is -2.28. The molecule has 0 amide bonds. The Morgan fingerprint density at radius 1 is 1.03 bits per heavy atom. The molecule has 5 nitrogen and oxygen atoms in total. The number of rotatable bonds is 5. The van der Waals surface area contributed by atoms with Crippen LogP contribution < -0.4 is 4.90 Å². The molecule has 0 aliphatic carbocycles. The maximum atomic E-state index is 4.12. The summed E-state index contributed by atoms with van der Waals surface area (Å²) in [7, 11) is 4.17. The second-order valence-electron chi connectivity index (χ2n) is 7.22. The van der Waals surface area contributed by atoms with E-state index in [1.807, 2.05) is 12.3 Å². The Labute approximate surface area is 179 Å². The summed E-state index contributed by atoms with van der Waals surface area (Å²) in [5.74, 6) is 0. The minimum absolute atomic E-state index is 0.873. The lowest BCUT2D eigenvalue weighted by atomic mass is 10.1. The number of hydrogen-bond donors (Lipinski definition) is 1. The monoisotopic (exact) mass is 409 g/mol. The highest BCUT2D eigenvalue weighted by atomic mass is 32.2. The highest BCUT2D eigenvalue weighted by Crippen LogP contribution is 2.29. The van der Waals surface area contributed by atoms with Gasteiger partial charge < -0.3 is 9.88 Å². The van der Waals surface area contributed by atoms with Crippen molar-refractivity contribution in [2.45, 2.75) is 26.4 Å². The molecule has 2 heterocycles. The maximum Gasteiger partial charge on any atom is 0.0922 e. The number of fused-ring (bicyclic) bond motifs is 1. The van der Waals surface area contributed by atoms with Crippen molar-refractivity contribution < 1.29 is 0 Å². The number of para-hydroxylation sites is 1. The van der Waals surface area contributed by atoms with Crippen molar-refractivity contribution in [3.63, 3.8) is 0 Å². The first-order valence-electron chi connectivity index (χ1n) is 10.1. The van der Waals surface area contributed by atoms with Crippen LogP contribution in [0.4, 0.5) is 5.69 Å². The Kier molecular flexibility index (Phi) is 8.16. The van der Waals surface area contributed by atoms with Crippen LogP contribution in [0.3, 0.4) is 0 Å². The fourth-order valence-corrected chi connectivity index (χ4v) is 4.15. The second-order valence-corrected chi connectivity index (χ2v) is 8.63. The van der Waals surface area contributed by atoms with Crippen LogP contribution in [0, 0.1) is 0 Å². The number of hydrogen-bond acceptors (Lipinski definition) is 5. The summed E-state index contributed by atoms with van der Waals surface area (Å²) in [4.78, 5) is 9.75. The van der Waals surface area contributed by atoms with Gasteiger partial charge in [-0.1, -0.05) is 55.5 Å². The Balaban J connectivity index is 0.000000252. The third-order valence-electron chi connectivity index (χ3n) is 4.74. The zero-order chi connectivity index (χ0) is 20.5. The van der Waals surface area contributed by atoms with Crippen LogP contribution in [0.15, 0.2) is 67.1 Å². The summed E-state index contributed by atoms with van der Waals surface area (Å²) < 4.78 is 4.55. The smallest absolute Gasteiger partial charge is 0.0922 e. The maximum absolute atomic E-state index is 4.12. The fraction of sp³-hybridized carbons (Fsp3) is 0.348.